The van der Waals surface area contributed by atoms with Gasteiger partial charge in [0.15, 0.2) is 0 Å². The predicted octanol–water partition coefficient (Wildman–Crippen LogP) is 1.90. The van der Waals surface area contributed by atoms with Crippen LogP contribution in [0.2, 0.25) is 0 Å². The van der Waals surface area contributed by atoms with Crippen LogP contribution in [0.5, 0.6) is 0 Å². The smallest absolute Gasteiger partial charge is 0.240 e. The van der Waals surface area contributed by atoms with Gasteiger partial charge < -0.3 is 5.43 Å². The summed E-state index contributed by atoms with van der Waals surface area (Å²) in [5, 5.41) is 1.86. The van der Waals surface area contributed by atoms with E-state index in [-0.39, 0.29) is 5.91 Å². The molecule has 2 aromatic carbocycles. The van der Waals surface area contributed by atoms with E-state index < -0.39 is 0 Å². The molecule has 0 atom stereocenters. The van der Waals surface area contributed by atoms with E-state index in [1.165, 1.54) is 0 Å². The van der Waals surface area contributed by atoms with Gasteiger partial charge in [-0.25, -0.2) is 0 Å². The lowest BCUT2D eigenvalue weighted by Gasteiger charge is -2.16. The molecular formula is C15H18N4O. The van der Waals surface area contributed by atoms with E-state index in [1.807, 2.05) is 65.7 Å². The lowest BCUT2D eigenvalue weighted by atomic mass is 10.3. The molecule has 0 saturated carbocycles. The Morgan fingerprint density at radius 3 is 2.05 bits per heavy atom. The summed E-state index contributed by atoms with van der Waals surface area (Å²) < 4.78 is 0. The average Bonchev–Trinajstić information content (AvgIpc) is 2.96. The topological polar surface area (TPSA) is 70.4 Å². The van der Waals surface area contributed by atoms with Gasteiger partial charge in [-0.1, -0.05) is 36.4 Å². The van der Waals surface area contributed by atoms with Crippen LogP contribution in [0.1, 0.15) is 6.42 Å². The highest BCUT2D eigenvalue weighted by molar-refractivity contribution is 5.81. The zero-order chi connectivity index (χ0) is 14.2. The summed E-state index contributed by atoms with van der Waals surface area (Å²) in [4.78, 5) is 10.9. The Morgan fingerprint density at radius 1 is 1.00 bits per heavy atom. The number of carbonyl (C=O) groups is 1. The predicted molar refractivity (Wildman–Crippen MR) is 80.8 cm³/mol. The number of para-hydroxylation sites is 2. The third-order valence-corrected chi connectivity index (χ3v) is 2.83. The molecule has 1 aliphatic rings. The first-order chi connectivity index (χ1) is 9.79. The van der Waals surface area contributed by atoms with Gasteiger partial charge in [-0.2, -0.15) is 0 Å². The van der Waals surface area contributed by atoms with Gasteiger partial charge in [0, 0.05) is 18.7 Å². The summed E-state index contributed by atoms with van der Waals surface area (Å²) in [6, 6.07) is 19.4. The van der Waals surface area contributed by atoms with Crippen LogP contribution in [0.3, 0.4) is 0 Å². The van der Waals surface area contributed by atoms with Gasteiger partial charge in [0.1, 0.15) is 0 Å². The number of nitrogens with one attached hydrogen (secondary N) is 2. The van der Waals surface area contributed by atoms with E-state index in [4.69, 9.17) is 5.84 Å². The highest BCUT2D eigenvalue weighted by Crippen LogP contribution is 2.13. The van der Waals surface area contributed by atoms with Crippen molar-refractivity contribution in [2.75, 3.05) is 17.0 Å². The van der Waals surface area contributed by atoms with Gasteiger partial charge in [0.05, 0.1) is 5.69 Å². The Balaban J connectivity index is 0.000000160. The molecule has 0 spiro atoms. The quantitative estimate of drug-likeness (QED) is 0.576. The fourth-order valence-corrected chi connectivity index (χ4v) is 1.81. The number of hydrogen-bond acceptors (Lipinski definition) is 4. The third-order valence-electron chi connectivity index (χ3n) is 2.83. The van der Waals surface area contributed by atoms with Gasteiger partial charge in [0.2, 0.25) is 5.91 Å². The number of nitrogens with two attached hydrogens (primary N) is 1. The Labute approximate surface area is 118 Å². The van der Waals surface area contributed by atoms with E-state index >= 15 is 0 Å². The van der Waals surface area contributed by atoms with Crippen molar-refractivity contribution in [3.63, 3.8) is 0 Å². The van der Waals surface area contributed by atoms with Crippen molar-refractivity contribution in [3.8, 4) is 0 Å². The SMILES string of the molecule is NNc1ccccc1.O=C1CCN(c2ccccc2)N1. The lowest BCUT2D eigenvalue weighted by Crippen LogP contribution is -2.32. The second kappa shape index (κ2) is 7.16. The summed E-state index contributed by atoms with van der Waals surface area (Å²) >= 11 is 0. The molecule has 1 amide bonds. The molecule has 0 bridgehead atoms. The van der Waals surface area contributed by atoms with Crippen LogP contribution in [-0.4, -0.2) is 12.5 Å². The molecule has 20 heavy (non-hydrogen) atoms. The molecule has 1 aliphatic heterocycles. The van der Waals surface area contributed by atoms with Gasteiger partial charge in [-0.05, 0) is 24.3 Å². The van der Waals surface area contributed by atoms with Crippen molar-refractivity contribution >= 4 is 17.3 Å². The van der Waals surface area contributed by atoms with Crippen LogP contribution in [0, 0.1) is 0 Å². The fourth-order valence-electron chi connectivity index (χ4n) is 1.81. The van der Waals surface area contributed by atoms with Crippen LogP contribution in [0.4, 0.5) is 11.4 Å². The standard InChI is InChI=1S/C9H10N2O.C6H8N2/c12-9-6-7-11(10-9)8-4-2-1-3-5-8;7-8-6-4-2-1-3-5-6/h1-5H,6-7H2,(H,10,12);1-5,8H,7H2. The molecule has 0 aromatic heterocycles. The number of nitrogen functional groups attached to an aromatic ring is 1. The number of nitrogens with zero attached hydrogens (tertiary/aromatic N) is 1. The van der Waals surface area contributed by atoms with Crippen molar-refractivity contribution in [1.29, 1.82) is 0 Å². The Bertz CT molecular complexity index is 530. The van der Waals surface area contributed by atoms with Gasteiger partial charge >= 0.3 is 0 Å². The lowest BCUT2D eigenvalue weighted by molar-refractivity contribution is -0.119. The van der Waals surface area contributed by atoms with E-state index in [1.54, 1.807) is 0 Å². The van der Waals surface area contributed by atoms with Crippen LogP contribution >= 0.6 is 0 Å². The summed E-state index contributed by atoms with van der Waals surface area (Å²) in [5.74, 6) is 5.20. The van der Waals surface area contributed by atoms with Crippen molar-refractivity contribution in [1.82, 2.24) is 5.43 Å². The second-order valence-corrected chi connectivity index (χ2v) is 4.28. The number of benzene rings is 2. The molecule has 0 unspecified atom stereocenters. The van der Waals surface area contributed by atoms with E-state index in [2.05, 4.69) is 10.9 Å². The Kier molecular flexibility index (Phi) is 4.97. The van der Waals surface area contributed by atoms with E-state index in [0.29, 0.717) is 6.42 Å². The van der Waals surface area contributed by atoms with Gasteiger partial charge in [-0.15, -0.1) is 0 Å². The van der Waals surface area contributed by atoms with Gasteiger partial charge in [-0.3, -0.25) is 21.1 Å². The molecule has 2 aromatic rings. The monoisotopic (exact) mass is 270 g/mol. The first kappa shape index (κ1) is 13.9. The molecule has 104 valence electrons. The summed E-state index contributed by atoms with van der Waals surface area (Å²) in [6.45, 7) is 0.767. The maximum absolute atomic E-state index is 10.9. The first-order valence-corrected chi connectivity index (χ1v) is 6.43. The molecule has 5 nitrogen and oxygen atoms in total. The number of hydrogen-bond donors (Lipinski definition) is 3. The molecule has 3 rings (SSSR count). The second-order valence-electron chi connectivity index (χ2n) is 4.28. The van der Waals surface area contributed by atoms with E-state index in [0.717, 1.165) is 17.9 Å². The zero-order valence-corrected chi connectivity index (χ0v) is 11.1. The molecule has 1 heterocycles. The van der Waals surface area contributed by atoms with Crippen molar-refractivity contribution in [2.24, 2.45) is 5.84 Å². The summed E-state index contributed by atoms with van der Waals surface area (Å²) in [7, 11) is 0. The largest absolute Gasteiger partial charge is 0.324 e. The number of rotatable bonds is 2. The minimum Gasteiger partial charge on any atom is -0.324 e. The number of carbonyl (C=O) groups excluding carboxylic acids is 1. The number of anilines is 2. The highest BCUT2D eigenvalue weighted by Gasteiger charge is 2.17. The number of amides is 1. The fraction of sp³-hybridized carbons (Fsp3) is 0.133. The van der Waals surface area contributed by atoms with E-state index in [9.17, 15) is 4.79 Å². The first-order valence-electron chi connectivity index (χ1n) is 6.43. The summed E-state index contributed by atoms with van der Waals surface area (Å²) in [6.07, 6.45) is 0.592. The third kappa shape index (κ3) is 4.00. The Hall–Kier alpha value is -2.53. The molecule has 5 heteroatoms. The average molecular weight is 270 g/mol. The van der Waals surface area contributed by atoms with Gasteiger partial charge in [0.25, 0.3) is 0 Å². The number of hydrazine groups is 2. The minimum atomic E-state index is 0.0962. The molecule has 1 saturated heterocycles. The molecule has 4 N–H and O–H groups in total. The maximum atomic E-state index is 10.9. The molecule has 0 radical (unpaired) electrons. The molecular weight excluding hydrogens is 252 g/mol. The Morgan fingerprint density at radius 2 is 1.60 bits per heavy atom. The maximum Gasteiger partial charge on any atom is 0.240 e. The van der Waals surface area contributed by atoms with Crippen LogP contribution in [-0.2, 0) is 4.79 Å². The van der Waals surface area contributed by atoms with Crippen LogP contribution in [0.25, 0.3) is 0 Å². The van der Waals surface area contributed by atoms with Crippen LogP contribution < -0.4 is 21.7 Å². The van der Waals surface area contributed by atoms with Crippen molar-refractivity contribution in [2.45, 2.75) is 6.42 Å². The highest BCUT2D eigenvalue weighted by atomic mass is 16.2. The van der Waals surface area contributed by atoms with Crippen LogP contribution in [0.15, 0.2) is 60.7 Å². The molecule has 0 aliphatic carbocycles. The normalized spacial score (nSPS) is 13.2. The van der Waals surface area contributed by atoms with Crippen molar-refractivity contribution in [3.05, 3.63) is 60.7 Å². The zero-order valence-electron chi connectivity index (χ0n) is 11.1. The summed E-state index contributed by atoms with van der Waals surface area (Å²) in [5.41, 5.74) is 7.27. The minimum absolute atomic E-state index is 0.0962. The molecule has 1 fully saturated rings. The van der Waals surface area contributed by atoms with Crippen molar-refractivity contribution < 1.29 is 4.79 Å².